The fraction of sp³-hybridized carbons (Fsp3) is 0.100. The molecule has 0 bridgehead atoms. The van der Waals surface area contributed by atoms with Gasteiger partial charge in [-0.3, -0.25) is 4.79 Å². The lowest BCUT2D eigenvalue weighted by Crippen LogP contribution is -2.14. The lowest BCUT2D eigenvalue weighted by molar-refractivity contribution is 0.0898. The van der Waals surface area contributed by atoms with Crippen LogP contribution in [0, 0.1) is 0 Å². The van der Waals surface area contributed by atoms with Gasteiger partial charge in [0.2, 0.25) is 0 Å². The molecule has 0 unspecified atom stereocenters. The molecule has 1 heterocycles. The molecule has 0 aliphatic carbocycles. The molecule has 0 aliphatic rings. The predicted octanol–water partition coefficient (Wildman–Crippen LogP) is 1.92. The van der Waals surface area contributed by atoms with E-state index >= 15 is 0 Å². The number of halogens is 1. The van der Waals surface area contributed by atoms with Crippen LogP contribution in [0.2, 0.25) is 0 Å². The normalized spacial score (nSPS) is 10.2. The SMILES string of the molecule is O=C(Cc1ccccc1Br)n1cncn1. The second-order valence-corrected chi connectivity index (χ2v) is 3.86. The molecule has 4 nitrogen and oxygen atoms in total. The van der Waals surface area contributed by atoms with Gasteiger partial charge in [-0.1, -0.05) is 34.1 Å². The third kappa shape index (κ3) is 2.30. The van der Waals surface area contributed by atoms with E-state index in [0.717, 1.165) is 10.0 Å². The molecule has 2 aromatic rings. The first-order valence-electron chi connectivity index (χ1n) is 4.38. The Morgan fingerprint density at radius 1 is 1.40 bits per heavy atom. The summed E-state index contributed by atoms with van der Waals surface area (Å²) in [6, 6.07) is 7.62. The molecule has 0 radical (unpaired) electrons. The monoisotopic (exact) mass is 265 g/mol. The van der Waals surface area contributed by atoms with Crippen molar-refractivity contribution in [2.45, 2.75) is 6.42 Å². The average molecular weight is 266 g/mol. The van der Waals surface area contributed by atoms with Gasteiger partial charge in [0.1, 0.15) is 12.7 Å². The van der Waals surface area contributed by atoms with Crippen molar-refractivity contribution < 1.29 is 4.79 Å². The highest BCUT2D eigenvalue weighted by atomic mass is 79.9. The van der Waals surface area contributed by atoms with Gasteiger partial charge in [-0.25, -0.2) is 4.98 Å². The fourth-order valence-electron chi connectivity index (χ4n) is 1.22. The first-order chi connectivity index (χ1) is 7.27. The topological polar surface area (TPSA) is 47.8 Å². The Bertz CT molecular complexity index is 467. The van der Waals surface area contributed by atoms with Gasteiger partial charge in [-0.15, -0.1) is 0 Å². The van der Waals surface area contributed by atoms with Crippen LogP contribution in [0.25, 0.3) is 0 Å². The molecule has 1 aromatic carbocycles. The van der Waals surface area contributed by atoms with Crippen molar-refractivity contribution in [2.75, 3.05) is 0 Å². The van der Waals surface area contributed by atoms with Gasteiger partial charge in [0.25, 0.3) is 5.91 Å². The minimum atomic E-state index is -0.0978. The van der Waals surface area contributed by atoms with Crippen LogP contribution in [0.4, 0.5) is 0 Å². The Morgan fingerprint density at radius 3 is 2.87 bits per heavy atom. The van der Waals surface area contributed by atoms with Gasteiger partial charge in [-0.05, 0) is 11.6 Å². The zero-order valence-corrected chi connectivity index (χ0v) is 9.39. The third-order valence-electron chi connectivity index (χ3n) is 1.97. The summed E-state index contributed by atoms with van der Waals surface area (Å²) in [4.78, 5) is 15.4. The number of aromatic nitrogens is 3. The highest BCUT2D eigenvalue weighted by Gasteiger charge is 2.08. The first-order valence-corrected chi connectivity index (χ1v) is 5.18. The Kier molecular flexibility index (Phi) is 2.91. The van der Waals surface area contributed by atoms with E-state index in [4.69, 9.17) is 0 Å². The van der Waals surface area contributed by atoms with Crippen LogP contribution in [0.15, 0.2) is 41.4 Å². The van der Waals surface area contributed by atoms with Crippen molar-refractivity contribution >= 4 is 21.8 Å². The molecule has 0 atom stereocenters. The van der Waals surface area contributed by atoms with Crippen molar-refractivity contribution in [2.24, 2.45) is 0 Å². The Hall–Kier alpha value is -1.49. The quantitative estimate of drug-likeness (QED) is 0.834. The van der Waals surface area contributed by atoms with Crippen molar-refractivity contribution in [3.63, 3.8) is 0 Å². The molecule has 1 aromatic heterocycles. The van der Waals surface area contributed by atoms with E-state index in [2.05, 4.69) is 26.0 Å². The summed E-state index contributed by atoms with van der Waals surface area (Å²) >= 11 is 3.39. The zero-order chi connectivity index (χ0) is 10.7. The maximum Gasteiger partial charge on any atom is 0.252 e. The molecule has 15 heavy (non-hydrogen) atoms. The standard InChI is InChI=1S/C10H8BrN3O/c11-9-4-2-1-3-8(9)5-10(15)14-7-12-6-13-14/h1-4,6-7H,5H2. The lowest BCUT2D eigenvalue weighted by Gasteiger charge is -2.02. The summed E-state index contributed by atoms with van der Waals surface area (Å²) in [5.74, 6) is -0.0978. The minimum absolute atomic E-state index is 0.0978. The summed E-state index contributed by atoms with van der Waals surface area (Å²) in [5.41, 5.74) is 0.943. The zero-order valence-electron chi connectivity index (χ0n) is 7.80. The minimum Gasteiger partial charge on any atom is -0.272 e. The molecule has 0 fully saturated rings. The summed E-state index contributed by atoms with van der Waals surface area (Å²) in [7, 11) is 0. The smallest absolute Gasteiger partial charge is 0.252 e. The maximum absolute atomic E-state index is 11.7. The number of benzene rings is 1. The lowest BCUT2D eigenvalue weighted by atomic mass is 10.1. The second-order valence-electron chi connectivity index (χ2n) is 3.00. The molecular formula is C10H8BrN3O. The van der Waals surface area contributed by atoms with Gasteiger partial charge in [0, 0.05) is 4.47 Å². The number of carbonyl (C=O) groups excluding carboxylic acids is 1. The van der Waals surface area contributed by atoms with Crippen molar-refractivity contribution in [1.82, 2.24) is 14.8 Å². The van der Waals surface area contributed by atoms with E-state index in [1.165, 1.54) is 17.3 Å². The highest BCUT2D eigenvalue weighted by Crippen LogP contribution is 2.16. The van der Waals surface area contributed by atoms with Crippen molar-refractivity contribution in [1.29, 1.82) is 0 Å². The number of nitrogens with zero attached hydrogens (tertiary/aromatic N) is 3. The van der Waals surface area contributed by atoms with Crippen molar-refractivity contribution in [3.05, 3.63) is 47.0 Å². The molecule has 2 rings (SSSR count). The van der Waals surface area contributed by atoms with Crippen molar-refractivity contribution in [3.8, 4) is 0 Å². The van der Waals surface area contributed by atoms with E-state index in [9.17, 15) is 4.79 Å². The largest absolute Gasteiger partial charge is 0.272 e. The Balaban J connectivity index is 2.17. The van der Waals surface area contributed by atoms with Crippen LogP contribution in [-0.4, -0.2) is 20.7 Å². The molecular weight excluding hydrogens is 258 g/mol. The van der Waals surface area contributed by atoms with Gasteiger partial charge >= 0.3 is 0 Å². The van der Waals surface area contributed by atoms with Gasteiger partial charge in [-0.2, -0.15) is 9.78 Å². The molecule has 76 valence electrons. The van der Waals surface area contributed by atoms with Gasteiger partial charge in [0.15, 0.2) is 0 Å². The Labute approximate surface area is 95.1 Å². The molecule has 5 heteroatoms. The van der Waals surface area contributed by atoms with Crippen LogP contribution >= 0.6 is 15.9 Å². The van der Waals surface area contributed by atoms with Crippen LogP contribution in [-0.2, 0) is 6.42 Å². The summed E-state index contributed by atoms with van der Waals surface area (Å²) in [6.45, 7) is 0. The van der Waals surface area contributed by atoms with Gasteiger partial charge < -0.3 is 0 Å². The fourth-order valence-corrected chi connectivity index (χ4v) is 1.65. The van der Waals surface area contributed by atoms with E-state index < -0.39 is 0 Å². The molecule has 0 spiro atoms. The first kappa shape index (κ1) is 10.0. The Morgan fingerprint density at radius 2 is 2.20 bits per heavy atom. The highest BCUT2D eigenvalue weighted by molar-refractivity contribution is 9.10. The maximum atomic E-state index is 11.7. The van der Waals surface area contributed by atoms with Crippen LogP contribution in [0.3, 0.4) is 0 Å². The summed E-state index contributed by atoms with van der Waals surface area (Å²) in [6.07, 6.45) is 3.06. The number of rotatable bonds is 2. The van der Waals surface area contributed by atoms with Crippen LogP contribution in [0.1, 0.15) is 10.4 Å². The van der Waals surface area contributed by atoms with Crippen LogP contribution in [0.5, 0.6) is 0 Å². The molecule has 0 amide bonds. The van der Waals surface area contributed by atoms with Crippen LogP contribution < -0.4 is 0 Å². The van der Waals surface area contributed by atoms with Gasteiger partial charge in [0.05, 0.1) is 6.42 Å². The number of hydrogen-bond acceptors (Lipinski definition) is 3. The number of carbonyl (C=O) groups is 1. The summed E-state index contributed by atoms with van der Waals surface area (Å²) in [5, 5.41) is 3.78. The van der Waals surface area contributed by atoms with E-state index in [0.29, 0.717) is 6.42 Å². The van der Waals surface area contributed by atoms with E-state index in [1.54, 1.807) is 0 Å². The third-order valence-corrected chi connectivity index (χ3v) is 2.75. The molecule has 0 aliphatic heterocycles. The second kappa shape index (κ2) is 4.35. The molecule has 0 N–H and O–H groups in total. The molecule has 0 saturated heterocycles. The van der Waals surface area contributed by atoms with E-state index in [-0.39, 0.29) is 5.91 Å². The number of hydrogen-bond donors (Lipinski definition) is 0. The molecule has 0 saturated carbocycles. The summed E-state index contributed by atoms with van der Waals surface area (Å²) < 4.78 is 2.16. The average Bonchev–Trinajstić information content (AvgIpc) is 2.74. The van der Waals surface area contributed by atoms with E-state index in [1.807, 2.05) is 24.3 Å². The predicted molar refractivity (Wildman–Crippen MR) is 58.5 cm³/mol.